The highest BCUT2D eigenvalue weighted by Crippen LogP contribution is 2.12. The Kier molecular flexibility index (Phi) is 4.49. The Morgan fingerprint density at radius 2 is 2.00 bits per heavy atom. The first-order valence-corrected chi connectivity index (χ1v) is 6.22. The van der Waals surface area contributed by atoms with Crippen LogP contribution in [0.2, 0.25) is 0 Å². The van der Waals surface area contributed by atoms with Crippen LogP contribution in [0, 0.1) is 10.1 Å². The fourth-order valence-electron chi connectivity index (χ4n) is 1.77. The number of methoxy groups -OCH3 is 1. The minimum Gasteiger partial charge on any atom is -0.497 e. The summed E-state index contributed by atoms with van der Waals surface area (Å²) in [6.07, 6.45) is 2.23. The molecule has 0 amide bonds. The van der Waals surface area contributed by atoms with Gasteiger partial charge in [-0.1, -0.05) is 12.1 Å². The van der Waals surface area contributed by atoms with E-state index in [1.165, 1.54) is 17.8 Å². The summed E-state index contributed by atoms with van der Waals surface area (Å²) in [5.74, 6) is 1.59. The summed E-state index contributed by atoms with van der Waals surface area (Å²) >= 11 is 0. The molecule has 0 bridgehead atoms. The topological polar surface area (TPSA) is 78.5 Å². The van der Waals surface area contributed by atoms with Crippen LogP contribution in [0.3, 0.4) is 0 Å². The van der Waals surface area contributed by atoms with Gasteiger partial charge in [0, 0.05) is 18.6 Å². The summed E-state index contributed by atoms with van der Waals surface area (Å²) in [5, 5.41) is 13.7. The van der Waals surface area contributed by atoms with Gasteiger partial charge in [0.2, 0.25) is 0 Å². The predicted molar refractivity (Wildman–Crippen MR) is 74.8 cm³/mol. The molecule has 2 aromatic rings. The van der Waals surface area contributed by atoms with Gasteiger partial charge in [-0.3, -0.25) is 15.4 Å². The number of ether oxygens (including phenoxy) is 1. The summed E-state index contributed by atoms with van der Waals surface area (Å²) < 4.78 is 5.10. The summed E-state index contributed by atoms with van der Waals surface area (Å²) in [5.41, 5.74) is 1.24. The van der Waals surface area contributed by atoms with Crippen LogP contribution in [0.1, 0.15) is 5.56 Å². The van der Waals surface area contributed by atoms with E-state index in [9.17, 15) is 10.1 Å². The molecule has 0 atom stereocenters. The Bertz CT molecular complexity index is 567. The number of hydrogen-bond acceptors (Lipinski definition) is 4. The zero-order chi connectivity index (χ0) is 14.4. The second-order valence-corrected chi connectivity index (χ2v) is 4.24. The van der Waals surface area contributed by atoms with E-state index in [4.69, 9.17) is 4.74 Å². The standard InChI is InChI=1S/C14H15N3O3/c1-20-13-5-2-11(3-6-13)8-9-15-14-7-4-12(10-16-14)17(18)19/h2-7,10H,8-9H2,1H3,(H,15,16)/p+1. The molecule has 0 saturated heterocycles. The Balaban J connectivity index is 1.84. The SMILES string of the molecule is COc1ccc(CCNc2ccc([N+](=O)[O-])c[nH+]2)cc1. The van der Waals surface area contributed by atoms with Crippen molar-refractivity contribution in [3.8, 4) is 5.75 Å². The van der Waals surface area contributed by atoms with E-state index in [-0.39, 0.29) is 5.69 Å². The van der Waals surface area contributed by atoms with Gasteiger partial charge in [-0.15, -0.1) is 0 Å². The quantitative estimate of drug-likeness (QED) is 0.646. The number of nitro groups is 1. The van der Waals surface area contributed by atoms with E-state index in [2.05, 4.69) is 10.3 Å². The number of nitrogens with zero attached hydrogens (tertiary/aromatic N) is 1. The summed E-state index contributed by atoms with van der Waals surface area (Å²) in [6.45, 7) is 0.737. The molecule has 1 aromatic heterocycles. The van der Waals surface area contributed by atoms with Crippen LogP contribution in [0.5, 0.6) is 5.75 Å². The fraction of sp³-hybridized carbons (Fsp3) is 0.214. The van der Waals surface area contributed by atoms with Crippen molar-refractivity contribution in [3.05, 3.63) is 58.3 Å². The minimum absolute atomic E-state index is 0.0469. The van der Waals surface area contributed by atoms with E-state index in [1.807, 2.05) is 24.3 Å². The van der Waals surface area contributed by atoms with Gasteiger partial charge >= 0.3 is 5.69 Å². The molecule has 1 aromatic carbocycles. The normalized spacial score (nSPS) is 10.1. The highest BCUT2D eigenvalue weighted by Gasteiger charge is 2.08. The van der Waals surface area contributed by atoms with Gasteiger partial charge in [0.1, 0.15) is 5.75 Å². The fourth-order valence-corrected chi connectivity index (χ4v) is 1.77. The molecule has 1 heterocycles. The molecule has 2 N–H and O–H groups in total. The number of hydrogen-bond donors (Lipinski definition) is 1. The molecule has 0 fully saturated rings. The van der Waals surface area contributed by atoms with Crippen molar-refractivity contribution in [3.63, 3.8) is 0 Å². The van der Waals surface area contributed by atoms with Crippen molar-refractivity contribution in [2.24, 2.45) is 0 Å². The van der Waals surface area contributed by atoms with Crippen molar-refractivity contribution in [1.82, 2.24) is 0 Å². The molecule has 0 unspecified atom stereocenters. The maximum absolute atomic E-state index is 10.5. The third kappa shape index (κ3) is 3.68. The Hall–Kier alpha value is -2.63. The van der Waals surface area contributed by atoms with E-state index in [0.717, 1.165) is 24.5 Å². The number of pyridine rings is 1. The molecular formula is C14H16N3O3+. The van der Waals surface area contributed by atoms with E-state index in [1.54, 1.807) is 13.2 Å². The summed E-state index contributed by atoms with van der Waals surface area (Å²) in [6, 6.07) is 11.0. The van der Waals surface area contributed by atoms with Crippen molar-refractivity contribution in [2.45, 2.75) is 6.42 Å². The molecule has 6 nitrogen and oxygen atoms in total. The van der Waals surface area contributed by atoms with Crippen LogP contribution < -0.4 is 15.0 Å². The Labute approximate surface area is 116 Å². The monoisotopic (exact) mass is 274 g/mol. The lowest BCUT2D eigenvalue weighted by atomic mass is 10.1. The summed E-state index contributed by atoms with van der Waals surface area (Å²) in [7, 11) is 1.64. The summed E-state index contributed by atoms with van der Waals surface area (Å²) in [4.78, 5) is 12.9. The van der Waals surface area contributed by atoms with Crippen molar-refractivity contribution in [1.29, 1.82) is 0 Å². The molecule has 0 aliphatic heterocycles. The highest BCUT2D eigenvalue weighted by molar-refractivity contribution is 5.34. The van der Waals surface area contributed by atoms with Crippen LogP contribution in [0.4, 0.5) is 11.5 Å². The molecular weight excluding hydrogens is 258 g/mol. The predicted octanol–water partition coefficient (Wildman–Crippen LogP) is 2.07. The maximum atomic E-state index is 10.5. The van der Waals surface area contributed by atoms with Crippen molar-refractivity contribution >= 4 is 11.5 Å². The third-order valence-corrected chi connectivity index (χ3v) is 2.90. The van der Waals surface area contributed by atoms with E-state index < -0.39 is 4.92 Å². The molecule has 0 aliphatic rings. The van der Waals surface area contributed by atoms with Gasteiger partial charge < -0.3 is 4.74 Å². The highest BCUT2D eigenvalue weighted by atomic mass is 16.6. The van der Waals surface area contributed by atoms with Crippen LogP contribution >= 0.6 is 0 Å². The second kappa shape index (κ2) is 6.51. The lowest BCUT2D eigenvalue weighted by Crippen LogP contribution is -2.15. The lowest BCUT2D eigenvalue weighted by molar-refractivity contribution is -0.413. The number of benzene rings is 1. The van der Waals surface area contributed by atoms with E-state index >= 15 is 0 Å². The van der Waals surface area contributed by atoms with Crippen molar-refractivity contribution in [2.75, 3.05) is 19.0 Å². The molecule has 0 aliphatic carbocycles. The van der Waals surface area contributed by atoms with Crippen molar-refractivity contribution < 1.29 is 14.6 Å². The largest absolute Gasteiger partial charge is 0.497 e. The van der Waals surface area contributed by atoms with Gasteiger partial charge in [0.05, 0.1) is 18.6 Å². The average molecular weight is 274 g/mol. The maximum Gasteiger partial charge on any atom is 0.308 e. The van der Waals surface area contributed by atoms with Gasteiger partial charge in [-0.2, -0.15) is 0 Å². The van der Waals surface area contributed by atoms with E-state index in [0.29, 0.717) is 0 Å². The van der Waals surface area contributed by atoms with Crippen LogP contribution in [0.25, 0.3) is 0 Å². The second-order valence-electron chi connectivity index (χ2n) is 4.24. The number of aromatic nitrogens is 1. The molecule has 0 saturated carbocycles. The molecule has 0 spiro atoms. The van der Waals surface area contributed by atoms with Crippen LogP contribution in [0.15, 0.2) is 42.6 Å². The Morgan fingerprint density at radius 3 is 2.55 bits per heavy atom. The minimum atomic E-state index is -0.433. The molecule has 0 radical (unpaired) electrons. The molecule has 104 valence electrons. The first-order chi connectivity index (χ1) is 9.69. The van der Waals surface area contributed by atoms with Gasteiger partial charge in [-0.25, -0.2) is 4.98 Å². The molecule has 2 rings (SSSR count). The number of aromatic amines is 1. The van der Waals surface area contributed by atoms with Crippen LogP contribution in [-0.2, 0) is 6.42 Å². The number of rotatable bonds is 6. The zero-order valence-corrected chi connectivity index (χ0v) is 11.1. The Morgan fingerprint density at radius 1 is 1.25 bits per heavy atom. The first kappa shape index (κ1) is 13.8. The third-order valence-electron chi connectivity index (χ3n) is 2.90. The zero-order valence-electron chi connectivity index (χ0n) is 11.1. The number of H-pyrrole nitrogens is 1. The van der Waals surface area contributed by atoms with Gasteiger partial charge in [0.25, 0.3) is 5.82 Å². The van der Waals surface area contributed by atoms with Gasteiger partial charge in [-0.05, 0) is 17.7 Å². The number of nitrogens with one attached hydrogen (secondary N) is 2. The van der Waals surface area contributed by atoms with Gasteiger partial charge in [0.15, 0.2) is 6.20 Å². The van der Waals surface area contributed by atoms with Crippen LogP contribution in [-0.4, -0.2) is 18.6 Å². The first-order valence-electron chi connectivity index (χ1n) is 6.22. The smallest absolute Gasteiger partial charge is 0.308 e. The number of anilines is 1. The lowest BCUT2D eigenvalue weighted by Gasteiger charge is -2.02. The molecule has 20 heavy (non-hydrogen) atoms. The average Bonchev–Trinajstić information content (AvgIpc) is 2.48. The molecule has 6 heteroatoms.